The number of hydrogen-bond donors (Lipinski definition) is 1. The summed E-state index contributed by atoms with van der Waals surface area (Å²) in [5, 5.41) is 2.97. The summed E-state index contributed by atoms with van der Waals surface area (Å²) in [5.41, 5.74) is 2.68. The van der Waals surface area contributed by atoms with Crippen molar-refractivity contribution in [3.05, 3.63) is 41.5 Å². The average Bonchev–Trinajstić information content (AvgIpc) is 2.26. The number of benzene rings is 1. The molecule has 0 fully saturated rings. The second-order valence-electron chi connectivity index (χ2n) is 5.32. The first-order valence-electron chi connectivity index (χ1n) is 5.86. The Labute approximate surface area is 104 Å². The number of carbonyl (C=O) groups is 1. The second-order valence-corrected chi connectivity index (χ2v) is 5.32. The van der Waals surface area contributed by atoms with Crippen molar-refractivity contribution in [1.82, 2.24) is 5.32 Å². The summed E-state index contributed by atoms with van der Waals surface area (Å²) >= 11 is 0. The fraction of sp³-hybridized carbons (Fsp3) is 0.400. The molecule has 1 amide bonds. The fourth-order valence-corrected chi connectivity index (χ4v) is 1.51. The van der Waals surface area contributed by atoms with E-state index in [1.54, 1.807) is 0 Å². The standard InChI is InChI=1S/C15H21NO/c1-11(13-9-7-6-8-10-13)12(2)14(17)16-15(3,4)5/h6-10H,1-5H3,(H,16,17)/b12-11-. The van der Waals surface area contributed by atoms with Crippen LogP contribution in [0.4, 0.5) is 0 Å². The van der Waals surface area contributed by atoms with Gasteiger partial charge in [0.1, 0.15) is 0 Å². The van der Waals surface area contributed by atoms with Gasteiger partial charge in [0.15, 0.2) is 0 Å². The molecule has 2 nitrogen and oxygen atoms in total. The van der Waals surface area contributed by atoms with Crippen molar-refractivity contribution in [2.75, 3.05) is 0 Å². The molecule has 0 unspecified atom stereocenters. The van der Waals surface area contributed by atoms with Gasteiger partial charge in [0.2, 0.25) is 5.91 Å². The van der Waals surface area contributed by atoms with Crippen LogP contribution in [0.5, 0.6) is 0 Å². The lowest BCUT2D eigenvalue weighted by Crippen LogP contribution is -2.41. The Morgan fingerprint density at radius 3 is 2.06 bits per heavy atom. The molecule has 2 heteroatoms. The van der Waals surface area contributed by atoms with Crippen molar-refractivity contribution in [3.8, 4) is 0 Å². The van der Waals surface area contributed by atoms with Gasteiger partial charge < -0.3 is 5.32 Å². The van der Waals surface area contributed by atoms with Gasteiger partial charge in [0.05, 0.1) is 0 Å². The molecule has 1 rings (SSSR count). The summed E-state index contributed by atoms with van der Waals surface area (Å²) in [6.45, 7) is 9.79. The normalized spacial score (nSPS) is 13.0. The lowest BCUT2D eigenvalue weighted by Gasteiger charge is -2.21. The quantitative estimate of drug-likeness (QED) is 0.777. The van der Waals surface area contributed by atoms with Gasteiger partial charge in [0.25, 0.3) is 0 Å². The van der Waals surface area contributed by atoms with Gasteiger partial charge in [-0.25, -0.2) is 0 Å². The minimum Gasteiger partial charge on any atom is -0.348 e. The van der Waals surface area contributed by atoms with Crippen molar-refractivity contribution < 1.29 is 4.79 Å². The molecule has 1 aromatic carbocycles. The van der Waals surface area contributed by atoms with Gasteiger partial charge in [-0.3, -0.25) is 4.79 Å². The smallest absolute Gasteiger partial charge is 0.247 e. The highest BCUT2D eigenvalue weighted by Gasteiger charge is 2.16. The number of carbonyl (C=O) groups excluding carboxylic acids is 1. The molecule has 0 heterocycles. The van der Waals surface area contributed by atoms with Crippen molar-refractivity contribution in [3.63, 3.8) is 0 Å². The van der Waals surface area contributed by atoms with E-state index >= 15 is 0 Å². The summed E-state index contributed by atoms with van der Waals surface area (Å²) in [4.78, 5) is 12.0. The zero-order valence-electron chi connectivity index (χ0n) is 11.3. The molecule has 17 heavy (non-hydrogen) atoms. The molecule has 0 aromatic heterocycles. The molecule has 0 aliphatic rings. The van der Waals surface area contributed by atoms with Crippen molar-refractivity contribution in [2.45, 2.75) is 40.2 Å². The monoisotopic (exact) mass is 231 g/mol. The molecule has 0 saturated heterocycles. The maximum Gasteiger partial charge on any atom is 0.247 e. The van der Waals surface area contributed by atoms with Crippen LogP contribution in [0.1, 0.15) is 40.2 Å². The molecular weight excluding hydrogens is 210 g/mol. The highest BCUT2D eigenvalue weighted by molar-refractivity contribution is 6.00. The molecule has 1 aromatic rings. The van der Waals surface area contributed by atoms with Crippen LogP contribution in [-0.2, 0) is 4.79 Å². The third-order valence-electron chi connectivity index (χ3n) is 2.60. The van der Waals surface area contributed by atoms with E-state index in [0.717, 1.165) is 16.7 Å². The Bertz CT molecular complexity index is 424. The summed E-state index contributed by atoms with van der Waals surface area (Å²) in [6, 6.07) is 9.97. The maximum atomic E-state index is 12.0. The summed E-state index contributed by atoms with van der Waals surface area (Å²) in [5.74, 6) is -0.00106. The Balaban J connectivity index is 2.95. The Morgan fingerprint density at radius 2 is 1.59 bits per heavy atom. The minimum atomic E-state index is -0.199. The molecule has 92 valence electrons. The largest absolute Gasteiger partial charge is 0.348 e. The fourth-order valence-electron chi connectivity index (χ4n) is 1.51. The molecule has 1 N–H and O–H groups in total. The average molecular weight is 231 g/mol. The van der Waals surface area contributed by atoms with Gasteiger partial charge in [-0.2, -0.15) is 0 Å². The Kier molecular flexibility index (Phi) is 4.11. The van der Waals surface area contributed by atoms with E-state index < -0.39 is 0 Å². The van der Waals surface area contributed by atoms with Gasteiger partial charge in [-0.1, -0.05) is 30.3 Å². The zero-order chi connectivity index (χ0) is 13.1. The highest BCUT2D eigenvalue weighted by atomic mass is 16.1. The first kappa shape index (κ1) is 13.5. The van der Waals surface area contributed by atoms with E-state index in [1.165, 1.54) is 0 Å². The van der Waals surface area contributed by atoms with Gasteiger partial charge >= 0.3 is 0 Å². The predicted molar refractivity (Wildman–Crippen MR) is 72.6 cm³/mol. The molecule has 0 aliphatic heterocycles. The van der Waals surface area contributed by atoms with Crippen LogP contribution in [0.2, 0.25) is 0 Å². The molecule has 0 spiro atoms. The van der Waals surface area contributed by atoms with Crippen LogP contribution in [0.25, 0.3) is 5.57 Å². The summed E-state index contributed by atoms with van der Waals surface area (Å²) in [7, 11) is 0. The number of amides is 1. The summed E-state index contributed by atoms with van der Waals surface area (Å²) in [6.07, 6.45) is 0. The SMILES string of the molecule is C/C(C(=O)NC(C)(C)C)=C(\C)c1ccccc1. The molecule has 0 atom stereocenters. The van der Waals surface area contributed by atoms with Gasteiger partial charge in [0, 0.05) is 11.1 Å². The number of nitrogens with one attached hydrogen (secondary N) is 1. The molecular formula is C15H21NO. The van der Waals surface area contributed by atoms with Gasteiger partial charge in [-0.15, -0.1) is 0 Å². The number of hydrogen-bond acceptors (Lipinski definition) is 1. The molecule has 0 radical (unpaired) electrons. The van der Waals surface area contributed by atoms with Crippen LogP contribution in [0.15, 0.2) is 35.9 Å². The van der Waals surface area contributed by atoms with E-state index in [9.17, 15) is 4.79 Å². The van der Waals surface area contributed by atoms with Crippen molar-refractivity contribution >= 4 is 11.5 Å². The van der Waals surface area contributed by atoms with Gasteiger partial charge in [-0.05, 0) is 45.8 Å². The second kappa shape index (κ2) is 5.17. The van der Waals surface area contributed by atoms with E-state index in [0.29, 0.717) is 0 Å². The zero-order valence-corrected chi connectivity index (χ0v) is 11.3. The number of rotatable bonds is 2. The van der Waals surface area contributed by atoms with E-state index in [4.69, 9.17) is 0 Å². The van der Waals surface area contributed by atoms with E-state index in [-0.39, 0.29) is 11.4 Å². The maximum absolute atomic E-state index is 12.0. The van der Waals surface area contributed by atoms with Crippen LogP contribution in [0.3, 0.4) is 0 Å². The Morgan fingerprint density at radius 1 is 1.06 bits per heavy atom. The lowest BCUT2D eigenvalue weighted by atomic mass is 10.0. The van der Waals surface area contributed by atoms with E-state index in [2.05, 4.69) is 5.32 Å². The summed E-state index contributed by atoms with van der Waals surface area (Å²) < 4.78 is 0. The highest BCUT2D eigenvalue weighted by Crippen LogP contribution is 2.18. The minimum absolute atomic E-state index is 0.00106. The van der Waals surface area contributed by atoms with Crippen LogP contribution < -0.4 is 5.32 Å². The van der Waals surface area contributed by atoms with Crippen LogP contribution >= 0.6 is 0 Å². The van der Waals surface area contributed by atoms with Crippen molar-refractivity contribution in [1.29, 1.82) is 0 Å². The third-order valence-corrected chi connectivity index (χ3v) is 2.60. The Hall–Kier alpha value is -1.57. The van der Waals surface area contributed by atoms with E-state index in [1.807, 2.05) is 65.0 Å². The molecule has 0 saturated carbocycles. The van der Waals surface area contributed by atoms with Crippen LogP contribution in [0, 0.1) is 0 Å². The third kappa shape index (κ3) is 4.06. The van der Waals surface area contributed by atoms with Crippen molar-refractivity contribution in [2.24, 2.45) is 0 Å². The predicted octanol–water partition coefficient (Wildman–Crippen LogP) is 3.39. The van der Waals surface area contributed by atoms with Crippen LogP contribution in [-0.4, -0.2) is 11.4 Å². The lowest BCUT2D eigenvalue weighted by molar-refractivity contribution is -0.118. The molecule has 0 aliphatic carbocycles. The first-order chi connectivity index (χ1) is 7.81. The molecule has 0 bridgehead atoms. The topological polar surface area (TPSA) is 29.1 Å². The number of allylic oxidation sites excluding steroid dienone is 1. The first-order valence-corrected chi connectivity index (χ1v) is 5.86.